The summed E-state index contributed by atoms with van der Waals surface area (Å²) in [6.45, 7) is 7.78. The number of H-pyrrole nitrogens is 1. The van der Waals surface area contributed by atoms with Gasteiger partial charge in [0.2, 0.25) is 0 Å². The molecule has 1 aliphatic rings. The van der Waals surface area contributed by atoms with E-state index in [2.05, 4.69) is 67.6 Å². The standard InChI is InChI=1S/C31H33N7O2/c1-21-9-10-22(2)28-26(21)19-27(31(39)32-28)29(37-17-15-36(16-18-37)24-7-5-4-6-8-24)30-33-34-35-38(30)20-23-11-13-25(40-3)14-12-23/h4-14,19,29H,15-18,20H2,1-3H3,(H,32,39)/t29-/m0/s1. The zero-order valence-corrected chi connectivity index (χ0v) is 23.0. The number of nitrogens with one attached hydrogen (secondary N) is 1. The Morgan fingerprint density at radius 3 is 2.38 bits per heavy atom. The molecule has 0 saturated carbocycles. The maximum atomic E-state index is 13.7. The summed E-state index contributed by atoms with van der Waals surface area (Å²) in [4.78, 5) is 21.6. The molecule has 1 aliphatic heterocycles. The molecule has 1 fully saturated rings. The number of hydrogen-bond donors (Lipinski definition) is 1. The summed E-state index contributed by atoms with van der Waals surface area (Å²) in [7, 11) is 1.65. The zero-order chi connectivity index (χ0) is 27.6. The summed E-state index contributed by atoms with van der Waals surface area (Å²) >= 11 is 0. The lowest BCUT2D eigenvalue weighted by atomic mass is 9.99. The Balaban J connectivity index is 1.40. The summed E-state index contributed by atoms with van der Waals surface area (Å²) in [5.41, 5.74) is 5.82. The quantitative estimate of drug-likeness (QED) is 0.336. The lowest BCUT2D eigenvalue weighted by Crippen LogP contribution is -2.49. The number of rotatable bonds is 7. The fourth-order valence-electron chi connectivity index (χ4n) is 5.59. The number of benzene rings is 3. The Bertz CT molecular complexity index is 1670. The van der Waals surface area contributed by atoms with Crippen LogP contribution in [-0.2, 0) is 6.54 Å². The molecule has 3 aromatic carbocycles. The number of ether oxygens (including phenoxy) is 1. The second kappa shape index (κ2) is 10.9. The first-order valence-corrected chi connectivity index (χ1v) is 13.6. The number of anilines is 1. The van der Waals surface area contributed by atoms with E-state index in [-0.39, 0.29) is 5.56 Å². The highest BCUT2D eigenvalue weighted by Crippen LogP contribution is 2.30. The minimum Gasteiger partial charge on any atom is -0.497 e. The number of methoxy groups -OCH3 is 1. The van der Waals surface area contributed by atoms with Crippen molar-refractivity contribution < 1.29 is 4.74 Å². The molecular formula is C31H33N7O2. The summed E-state index contributed by atoms with van der Waals surface area (Å²) in [5, 5.41) is 14.0. The first kappa shape index (κ1) is 25.8. The van der Waals surface area contributed by atoms with Crippen LogP contribution in [0.3, 0.4) is 0 Å². The number of hydrogen-bond acceptors (Lipinski definition) is 7. The molecule has 5 aromatic rings. The van der Waals surface area contributed by atoms with Gasteiger partial charge in [-0.1, -0.05) is 42.5 Å². The van der Waals surface area contributed by atoms with Crippen molar-refractivity contribution in [3.8, 4) is 5.75 Å². The van der Waals surface area contributed by atoms with E-state index in [1.165, 1.54) is 5.69 Å². The van der Waals surface area contributed by atoms with E-state index in [1.807, 2.05) is 54.1 Å². The second-order valence-electron chi connectivity index (χ2n) is 10.3. The number of aromatic amines is 1. The Kier molecular flexibility index (Phi) is 7.04. The third kappa shape index (κ3) is 4.96. The first-order chi connectivity index (χ1) is 19.5. The van der Waals surface area contributed by atoms with Crippen LogP contribution in [0, 0.1) is 13.8 Å². The van der Waals surface area contributed by atoms with Crippen molar-refractivity contribution in [3.63, 3.8) is 0 Å². The normalized spacial score (nSPS) is 14.9. The van der Waals surface area contributed by atoms with Gasteiger partial charge in [0.15, 0.2) is 5.82 Å². The molecule has 9 nitrogen and oxygen atoms in total. The smallest absolute Gasteiger partial charge is 0.253 e. The van der Waals surface area contributed by atoms with Crippen molar-refractivity contribution in [2.75, 3.05) is 38.2 Å². The predicted molar refractivity (Wildman–Crippen MR) is 156 cm³/mol. The molecular weight excluding hydrogens is 502 g/mol. The van der Waals surface area contributed by atoms with Crippen LogP contribution >= 0.6 is 0 Å². The van der Waals surface area contributed by atoms with E-state index in [0.717, 1.165) is 59.5 Å². The molecule has 0 radical (unpaired) electrons. The molecule has 0 aliphatic carbocycles. The zero-order valence-electron chi connectivity index (χ0n) is 23.0. The third-order valence-electron chi connectivity index (χ3n) is 7.86. The van der Waals surface area contributed by atoms with E-state index >= 15 is 0 Å². The molecule has 1 saturated heterocycles. The number of aromatic nitrogens is 5. The summed E-state index contributed by atoms with van der Waals surface area (Å²) in [5.74, 6) is 1.45. The van der Waals surface area contributed by atoms with Crippen LogP contribution < -0.4 is 15.2 Å². The second-order valence-corrected chi connectivity index (χ2v) is 10.3. The van der Waals surface area contributed by atoms with Crippen molar-refractivity contribution in [1.82, 2.24) is 30.1 Å². The minimum absolute atomic E-state index is 0.115. The van der Waals surface area contributed by atoms with E-state index < -0.39 is 6.04 Å². The van der Waals surface area contributed by atoms with Gasteiger partial charge < -0.3 is 14.6 Å². The van der Waals surface area contributed by atoms with Crippen LogP contribution in [0.5, 0.6) is 5.75 Å². The van der Waals surface area contributed by atoms with Gasteiger partial charge in [-0.3, -0.25) is 9.69 Å². The van der Waals surface area contributed by atoms with E-state index in [1.54, 1.807) is 7.11 Å². The Labute approximate surface area is 233 Å². The van der Waals surface area contributed by atoms with Gasteiger partial charge in [-0.15, -0.1) is 5.10 Å². The van der Waals surface area contributed by atoms with Gasteiger partial charge in [0.25, 0.3) is 5.56 Å². The molecule has 9 heteroatoms. The fourth-order valence-corrected chi connectivity index (χ4v) is 5.59. The number of nitrogens with zero attached hydrogens (tertiary/aromatic N) is 6. The molecule has 204 valence electrons. The monoisotopic (exact) mass is 535 g/mol. The van der Waals surface area contributed by atoms with Crippen LogP contribution in [0.15, 0.2) is 77.6 Å². The predicted octanol–water partition coefficient (Wildman–Crippen LogP) is 4.10. The molecule has 1 atom stereocenters. The maximum absolute atomic E-state index is 13.7. The minimum atomic E-state index is -0.403. The topological polar surface area (TPSA) is 92.2 Å². The molecule has 0 bridgehead atoms. The largest absolute Gasteiger partial charge is 0.497 e. The first-order valence-electron chi connectivity index (χ1n) is 13.6. The molecule has 0 spiro atoms. The highest BCUT2D eigenvalue weighted by molar-refractivity contribution is 5.85. The van der Waals surface area contributed by atoms with Crippen LogP contribution in [0.25, 0.3) is 10.9 Å². The Hall–Kier alpha value is -4.50. The Morgan fingerprint density at radius 1 is 0.925 bits per heavy atom. The Morgan fingerprint density at radius 2 is 1.65 bits per heavy atom. The molecule has 1 N–H and O–H groups in total. The van der Waals surface area contributed by atoms with Crippen LogP contribution in [-0.4, -0.2) is 63.4 Å². The number of fused-ring (bicyclic) bond motifs is 1. The summed E-state index contributed by atoms with van der Waals surface area (Å²) < 4.78 is 7.12. The van der Waals surface area contributed by atoms with Gasteiger partial charge in [-0.05, 0) is 71.3 Å². The number of aryl methyl sites for hydroxylation is 2. The van der Waals surface area contributed by atoms with E-state index in [9.17, 15) is 4.79 Å². The van der Waals surface area contributed by atoms with Gasteiger partial charge in [0.05, 0.1) is 19.2 Å². The molecule has 3 heterocycles. The SMILES string of the molecule is COc1ccc(Cn2nnnc2[C@H](c2cc3c(C)ccc(C)c3[nH]c2=O)N2CCN(c3ccccc3)CC2)cc1. The summed E-state index contributed by atoms with van der Waals surface area (Å²) in [6.07, 6.45) is 0. The van der Waals surface area contributed by atoms with Crippen LogP contribution in [0.1, 0.15) is 34.1 Å². The molecule has 0 amide bonds. The lowest BCUT2D eigenvalue weighted by Gasteiger charge is -2.39. The highest BCUT2D eigenvalue weighted by Gasteiger charge is 2.33. The van der Waals surface area contributed by atoms with Gasteiger partial charge in [0.1, 0.15) is 11.8 Å². The van der Waals surface area contributed by atoms with E-state index in [4.69, 9.17) is 4.74 Å². The highest BCUT2D eigenvalue weighted by atomic mass is 16.5. The number of para-hydroxylation sites is 1. The molecule has 6 rings (SSSR count). The number of piperazine rings is 1. The number of tetrazole rings is 1. The van der Waals surface area contributed by atoms with Crippen molar-refractivity contribution in [3.05, 3.63) is 111 Å². The van der Waals surface area contributed by atoms with Gasteiger partial charge in [-0.25, -0.2) is 4.68 Å². The van der Waals surface area contributed by atoms with Crippen LogP contribution in [0.2, 0.25) is 0 Å². The average Bonchev–Trinajstić information content (AvgIpc) is 3.44. The molecule has 2 aromatic heterocycles. The van der Waals surface area contributed by atoms with Crippen molar-refractivity contribution >= 4 is 16.6 Å². The van der Waals surface area contributed by atoms with Gasteiger partial charge in [0, 0.05) is 42.8 Å². The van der Waals surface area contributed by atoms with E-state index in [0.29, 0.717) is 17.9 Å². The molecule has 0 unspecified atom stereocenters. The third-order valence-corrected chi connectivity index (χ3v) is 7.86. The van der Waals surface area contributed by atoms with Gasteiger partial charge in [-0.2, -0.15) is 0 Å². The van der Waals surface area contributed by atoms with Gasteiger partial charge >= 0.3 is 0 Å². The van der Waals surface area contributed by atoms with Crippen molar-refractivity contribution in [2.45, 2.75) is 26.4 Å². The van der Waals surface area contributed by atoms with Crippen LogP contribution in [0.4, 0.5) is 5.69 Å². The van der Waals surface area contributed by atoms with Crippen molar-refractivity contribution in [1.29, 1.82) is 0 Å². The molecule has 40 heavy (non-hydrogen) atoms. The average molecular weight is 536 g/mol. The fraction of sp³-hybridized carbons (Fsp3) is 0.290. The number of pyridine rings is 1. The maximum Gasteiger partial charge on any atom is 0.253 e. The lowest BCUT2D eigenvalue weighted by molar-refractivity contribution is 0.200. The van der Waals surface area contributed by atoms with Crippen molar-refractivity contribution in [2.24, 2.45) is 0 Å². The summed E-state index contributed by atoms with van der Waals surface area (Å²) in [6, 6.07) is 24.1.